The molecule has 0 amide bonds. The van der Waals surface area contributed by atoms with Gasteiger partial charge in [0, 0.05) is 38.3 Å². The van der Waals surface area contributed by atoms with Gasteiger partial charge in [-0.15, -0.1) is 0 Å². The second-order valence-corrected chi connectivity index (χ2v) is 7.14. The standard InChI is InChI=1S/C19H28F2N2O2/c1-14-12-23(13-16-3-2-9-24-16)8-6-18(14)22-7-10-25-19-5-4-15(20)11-17(19)21/h4-5,11,14,16,18,22H,2-3,6-10,12-13H2,1H3. The van der Waals surface area contributed by atoms with Crippen LogP contribution in [0.2, 0.25) is 0 Å². The number of halogens is 2. The van der Waals surface area contributed by atoms with Crippen LogP contribution < -0.4 is 10.1 Å². The third-order valence-electron chi connectivity index (χ3n) is 5.14. The summed E-state index contributed by atoms with van der Waals surface area (Å²) in [5, 5.41) is 3.51. The summed E-state index contributed by atoms with van der Waals surface area (Å²) >= 11 is 0. The van der Waals surface area contributed by atoms with E-state index in [1.165, 1.54) is 25.0 Å². The van der Waals surface area contributed by atoms with Gasteiger partial charge in [0.2, 0.25) is 0 Å². The first-order valence-corrected chi connectivity index (χ1v) is 9.27. The Balaban J connectivity index is 1.34. The summed E-state index contributed by atoms with van der Waals surface area (Å²) in [6.45, 7) is 7.39. The van der Waals surface area contributed by atoms with Crippen LogP contribution in [0.4, 0.5) is 8.78 Å². The summed E-state index contributed by atoms with van der Waals surface area (Å²) in [4.78, 5) is 2.50. The maximum Gasteiger partial charge on any atom is 0.167 e. The Hall–Kier alpha value is -1.24. The van der Waals surface area contributed by atoms with E-state index in [1.807, 2.05) is 0 Å². The number of nitrogens with zero attached hydrogens (tertiary/aromatic N) is 1. The second kappa shape index (κ2) is 8.92. The summed E-state index contributed by atoms with van der Waals surface area (Å²) in [6.07, 6.45) is 3.88. The zero-order valence-electron chi connectivity index (χ0n) is 14.8. The van der Waals surface area contributed by atoms with E-state index in [0.717, 1.165) is 38.7 Å². The van der Waals surface area contributed by atoms with E-state index in [2.05, 4.69) is 17.1 Å². The lowest BCUT2D eigenvalue weighted by Crippen LogP contribution is -2.50. The van der Waals surface area contributed by atoms with Crippen molar-refractivity contribution in [3.05, 3.63) is 29.8 Å². The van der Waals surface area contributed by atoms with E-state index in [4.69, 9.17) is 9.47 Å². The van der Waals surface area contributed by atoms with Crippen molar-refractivity contribution < 1.29 is 18.3 Å². The van der Waals surface area contributed by atoms with Crippen LogP contribution in [0.1, 0.15) is 26.2 Å². The van der Waals surface area contributed by atoms with Crippen molar-refractivity contribution in [2.24, 2.45) is 5.92 Å². The molecule has 1 aromatic rings. The molecule has 3 rings (SSSR count). The Morgan fingerprint density at radius 2 is 2.20 bits per heavy atom. The molecule has 140 valence electrons. The molecule has 2 heterocycles. The highest BCUT2D eigenvalue weighted by Gasteiger charge is 2.28. The molecule has 6 heteroatoms. The molecule has 0 radical (unpaired) electrons. The molecule has 0 aromatic heterocycles. The zero-order valence-corrected chi connectivity index (χ0v) is 14.8. The highest BCUT2D eigenvalue weighted by atomic mass is 19.1. The first-order valence-electron chi connectivity index (χ1n) is 9.27. The van der Waals surface area contributed by atoms with E-state index in [9.17, 15) is 8.78 Å². The topological polar surface area (TPSA) is 33.7 Å². The minimum absolute atomic E-state index is 0.0997. The van der Waals surface area contributed by atoms with Crippen molar-refractivity contribution in [1.29, 1.82) is 0 Å². The van der Waals surface area contributed by atoms with Gasteiger partial charge in [-0.3, -0.25) is 0 Å². The quantitative estimate of drug-likeness (QED) is 0.764. The average molecular weight is 354 g/mol. The Morgan fingerprint density at radius 3 is 2.92 bits per heavy atom. The number of nitrogens with one attached hydrogen (secondary N) is 1. The largest absolute Gasteiger partial charge is 0.489 e. The van der Waals surface area contributed by atoms with Crippen LogP contribution >= 0.6 is 0 Å². The van der Waals surface area contributed by atoms with Crippen LogP contribution in [-0.4, -0.2) is 56.4 Å². The highest BCUT2D eigenvalue weighted by molar-refractivity contribution is 5.24. The lowest BCUT2D eigenvalue weighted by molar-refractivity contribution is 0.0510. The van der Waals surface area contributed by atoms with Gasteiger partial charge in [0.25, 0.3) is 0 Å². The molecule has 3 atom stereocenters. The summed E-state index contributed by atoms with van der Waals surface area (Å²) in [7, 11) is 0. The molecule has 1 aromatic carbocycles. The molecule has 1 N–H and O–H groups in total. The molecule has 0 aliphatic carbocycles. The molecule has 2 saturated heterocycles. The Morgan fingerprint density at radius 1 is 1.32 bits per heavy atom. The summed E-state index contributed by atoms with van der Waals surface area (Å²) < 4.78 is 37.5. The van der Waals surface area contributed by atoms with E-state index in [0.29, 0.717) is 31.2 Å². The molecule has 2 aliphatic heterocycles. The van der Waals surface area contributed by atoms with Crippen LogP contribution in [0, 0.1) is 17.6 Å². The van der Waals surface area contributed by atoms with Crippen molar-refractivity contribution in [3.63, 3.8) is 0 Å². The van der Waals surface area contributed by atoms with Gasteiger partial charge in [-0.05, 0) is 43.9 Å². The molecular formula is C19H28F2N2O2. The fourth-order valence-electron chi connectivity index (χ4n) is 3.77. The molecular weight excluding hydrogens is 326 g/mol. The van der Waals surface area contributed by atoms with Gasteiger partial charge in [-0.2, -0.15) is 0 Å². The van der Waals surface area contributed by atoms with Crippen molar-refractivity contribution in [3.8, 4) is 5.75 Å². The third kappa shape index (κ3) is 5.36. The maximum atomic E-state index is 13.5. The predicted octanol–water partition coefficient (Wildman–Crippen LogP) is 2.82. The van der Waals surface area contributed by atoms with Crippen molar-refractivity contribution in [2.45, 2.75) is 38.3 Å². The van der Waals surface area contributed by atoms with E-state index < -0.39 is 11.6 Å². The monoisotopic (exact) mass is 354 g/mol. The van der Waals surface area contributed by atoms with Crippen LogP contribution in [0.15, 0.2) is 18.2 Å². The number of hydrogen-bond acceptors (Lipinski definition) is 4. The number of benzene rings is 1. The second-order valence-electron chi connectivity index (χ2n) is 7.14. The number of ether oxygens (including phenoxy) is 2. The molecule has 3 unspecified atom stereocenters. The minimum Gasteiger partial charge on any atom is -0.489 e. The third-order valence-corrected chi connectivity index (χ3v) is 5.14. The zero-order chi connectivity index (χ0) is 17.6. The van der Waals surface area contributed by atoms with Crippen LogP contribution in [0.25, 0.3) is 0 Å². The summed E-state index contributed by atoms with van der Waals surface area (Å²) in [5.41, 5.74) is 0. The van der Waals surface area contributed by atoms with Crippen LogP contribution in [0.5, 0.6) is 5.75 Å². The van der Waals surface area contributed by atoms with Gasteiger partial charge in [0.1, 0.15) is 12.4 Å². The van der Waals surface area contributed by atoms with Crippen molar-refractivity contribution >= 4 is 0 Å². The fourth-order valence-corrected chi connectivity index (χ4v) is 3.77. The maximum absolute atomic E-state index is 13.5. The van der Waals surface area contributed by atoms with Crippen molar-refractivity contribution in [1.82, 2.24) is 10.2 Å². The van der Waals surface area contributed by atoms with Gasteiger partial charge in [-0.25, -0.2) is 8.78 Å². The highest BCUT2D eigenvalue weighted by Crippen LogP contribution is 2.20. The molecule has 4 nitrogen and oxygen atoms in total. The van der Waals surface area contributed by atoms with Crippen LogP contribution in [-0.2, 0) is 4.74 Å². The Kier molecular flexibility index (Phi) is 6.62. The van der Waals surface area contributed by atoms with Crippen LogP contribution in [0.3, 0.4) is 0 Å². The van der Waals surface area contributed by atoms with E-state index in [-0.39, 0.29) is 5.75 Å². The lowest BCUT2D eigenvalue weighted by atomic mass is 9.93. The van der Waals surface area contributed by atoms with Crippen molar-refractivity contribution in [2.75, 3.05) is 39.4 Å². The Labute approximate surface area is 148 Å². The minimum atomic E-state index is -0.657. The van der Waals surface area contributed by atoms with Gasteiger partial charge in [0.05, 0.1) is 6.10 Å². The number of piperidine rings is 1. The number of likely N-dealkylation sites (tertiary alicyclic amines) is 1. The van der Waals surface area contributed by atoms with Gasteiger partial charge >= 0.3 is 0 Å². The average Bonchev–Trinajstić information content (AvgIpc) is 3.08. The first kappa shape index (κ1) is 18.5. The van der Waals surface area contributed by atoms with Gasteiger partial charge < -0.3 is 19.7 Å². The predicted molar refractivity (Wildman–Crippen MR) is 92.8 cm³/mol. The van der Waals surface area contributed by atoms with E-state index in [1.54, 1.807) is 0 Å². The van der Waals surface area contributed by atoms with Gasteiger partial charge in [-0.1, -0.05) is 6.92 Å². The molecule has 0 spiro atoms. The summed E-state index contributed by atoms with van der Waals surface area (Å²) in [6, 6.07) is 3.82. The number of hydrogen-bond donors (Lipinski definition) is 1. The molecule has 0 bridgehead atoms. The molecule has 25 heavy (non-hydrogen) atoms. The molecule has 0 saturated carbocycles. The van der Waals surface area contributed by atoms with Gasteiger partial charge in [0.15, 0.2) is 11.6 Å². The normalized spacial score (nSPS) is 27.6. The fraction of sp³-hybridized carbons (Fsp3) is 0.684. The van der Waals surface area contributed by atoms with E-state index >= 15 is 0 Å². The molecule has 2 aliphatic rings. The summed E-state index contributed by atoms with van der Waals surface area (Å²) in [5.74, 6) is -0.595. The lowest BCUT2D eigenvalue weighted by Gasteiger charge is -2.38. The smallest absolute Gasteiger partial charge is 0.167 e. The number of rotatable bonds is 7. The molecule has 2 fully saturated rings. The SMILES string of the molecule is CC1CN(CC2CCCO2)CCC1NCCOc1ccc(F)cc1F. The Bertz CT molecular complexity index is 552. The first-order chi connectivity index (χ1) is 12.1.